The van der Waals surface area contributed by atoms with Crippen LogP contribution in [0.25, 0.3) is 11.0 Å². The molecule has 0 bridgehead atoms. The van der Waals surface area contributed by atoms with Crippen LogP contribution in [0.4, 0.5) is 11.6 Å². The molecule has 30 heavy (non-hydrogen) atoms. The molecule has 0 aliphatic carbocycles. The number of hydrogen-bond donors (Lipinski definition) is 2. The lowest BCUT2D eigenvalue weighted by Gasteiger charge is -2.08. The predicted molar refractivity (Wildman–Crippen MR) is 116 cm³/mol. The average Bonchev–Trinajstić information content (AvgIpc) is 3.07. The van der Waals surface area contributed by atoms with Crippen molar-refractivity contribution in [1.82, 2.24) is 14.5 Å². The summed E-state index contributed by atoms with van der Waals surface area (Å²) < 4.78 is 1.96. The largest absolute Gasteiger partial charge is 0.369 e. The first-order valence-corrected chi connectivity index (χ1v) is 9.56. The fraction of sp³-hybridized carbons (Fsp3) is 0.130. The first-order valence-electron chi connectivity index (χ1n) is 9.56. The van der Waals surface area contributed by atoms with Crippen molar-refractivity contribution in [3.63, 3.8) is 0 Å². The second-order valence-corrected chi connectivity index (χ2v) is 6.93. The van der Waals surface area contributed by atoms with Gasteiger partial charge in [-0.25, -0.2) is 4.98 Å². The highest BCUT2D eigenvalue weighted by atomic mass is 16.1. The fourth-order valence-electron chi connectivity index (χ4n) is 3.37. The lowest BCUT2D eigenvalue weighted by molar-refractivity contribution is 0.102. The third-order valence-electron chi connectivity index (χ3n) is 4.85. The standard InChI is InChI=1S/C23H20N6O/c24-10-8-16-3-1-5-18(13-16)22(30)27-19-6-7-21-20(14-19)28-23(25)29(21)12-9-17-4-2-11-26-15-17/h1-7,11,13-15H,8-9,12H2,(H2,25,28)(H,27,30). The summed E-state index contributed by atoms with van der Waals surface area (Å²) in [6.07, 6.45) is 4.65. The van der Waals surface area contributed by atoms with Gasteiger partial charge in [-0.1, -0.05) is 18.2 Å². The van der Waals surface area contributed by atoms with Crippen molar-refractivity contribution < 1.29 is 4.79 Å². The van der Waals surface area contributed by atoms with E-state index < -0.39 is 0 Å². The normalized spacial score (nSPS) is 10.6. The maximum Gasteiger partial charge on any atom is 0.255 e. The third-order valence-corrected chi connectivity index (χ3v) is 4.85. The Morgan fingerprint density at radius 2 is 2.00 bits per heavy atom. The topological polar surface area (TPSA) is 110 Å². The van der Waals surface area contributed by atoms with E-state index in [0.717, 1.165) is 28.6 Å². The number of fused-ring (bicyclic) bond motifs is 1. The van der Waals surface area contributed by atoms with Crippen LogP contribution in [0.5, 0.6) is 0 Å². The van der Waals surface area contributed by atoms with Crippen molar-refractivity contribution in [3.05, 3.63) is 83.7 Å². The van der Waals surface area contributed by atoms with Crippen LogP contribution >= 0.6 is 0 Å². The summed E-state index contributed by atoms with van der Waals surface area (Å²) in [4.78, 5) is 21.2. The minimum absolute atomic E-state index is 0.238. The molecule has 2 heterocycles. The van der Waals surface area contributed by atoms with Gasteiger partial charge in [-0.3, -0.25) is 9.78 Å². The monoisotopic (exact) mass is 396 g/mol. The average molecular weight is 396 g/mol. The molecule has 0 radical (unpaired) electrons. The zero-order chi connectivity index (χ0) is 20.9. The number of nitrogens with one attached hydrogen (secondary N) is 1. The van der Waals surface area contributed by atoms with Crippen molar-refractivity contribution in [2.45, 2.75) is 19.4 Å². The number of nitrogens with zero attached hydrogens (tertiary/aromatic N) is 4. The number of amides is 1. The van der Waals surface area contributed by atoms with Gasteiger partial charge in [0, 0.05) is 30.2 Å². The number of benzene rings is 2. The highest BCUT2D eigenvalue weighted by Gasteiger charge is 2.11. The van der Waals surface area contributed by atoms with Gasteiger partial charge in [-0.05, 0) is 53.9 Å². The van der Waals surface area contributed by atoms with Gasteiger partial charge in [0.1, 0.15) is 0 Å². The molecule has 1 amide bonds. The summed E-state index contributed by atoms with van der Waals surface area (Å²) in [5.74, 6) is 0.194. The van der Waals surface area contributed by atoms with Gasteiger partial charge < -0.3 is 15.6 Å². The number of aromatic nitrogens is 3. The molecule has 7 nitrogen and oxygen atoms in total. The summed E-state index contributed by atoms with van der Waals surface area (Å²) in [6.45, 7) is 0.686. The molecule has 3 N–H and O–H groups in total. The van der Waals surface area contributed by atoms with Crippen molar-refractivity contribution in [1.29, 1.82) is 5.26 Å². The number of hydrogen-bond acceptors (Lipinski definition) is 5. The molecular formula is C23H20N6O. The number of aryl methyl sites for hydroxylation is 2. The lowest BCUT2D eigenvalue weighted by Crippen LogP contribution is -2.12. The molecule has 148 valence electrons. The first kappa shape index (κ1) is 19.2. The molecule has 7 heteroatoms. The van der Waals surface area contributed by atoms with E-state index >= 15 is 0 Å². The molecule has 4 aromatic rings. The number of imidazole rings is 1. The van der Waals surface area contributed by atoms with Crippen LogP contribution in [-0.4, -0.2) is 20.4 Å². The number of carbonyl (C=O) groups is 1. The molecule has 0 atom stereocenters. The van der Waals surface area contributed by atoms with Crippen molar-refractivity contribution in [3.8, 4) is 6.07 Å². The van der Waals surface area contributed by atoms with Gasteiger partial charge in [-0.15, -0.1) is 0 Å². The van der Waals surface area contributed by atoms with E-state index in [4.69, 9.17) is 11.0 Å². The molecule has 0 aliphatic heterocycles. The Morgan fingerprint density at radius 3 is 2.80 bits per heavy atom. The molecule has 2 aromatic heterocycles. The van der Waals surface area contributed by atoms with Crippen LogP contribution in [0.15, 0.2) is 67.0 Å². The van der Waals surface area contributed by atoms with Gasteiger partial charge in [0.25, 0.3) is 5.91 Å². The van der Waals surface area contributed by atoms with E-state index in [1.807, 2.05) is 47.2 Å². The molecule has 0 fully saturated rings. The first-order chi connectivity index (χ1) is 14.6. The molecule has 0 unspecified atom stereocenters. The number of pyridine rings is 1. The predicted octanol–water partition coefficient (Wildman–Crippen LogP) is 3.57. The Bertz CT molecular complexity index is 1240. The molecule has 4 rings (SSSR count). The summed E-state index contributed by atoms with van der Waals surface area (Å²) in [5, 5.41) is 11.7. The second-order valence-electron chi connectivity index (χ2n) is 6.93. The molecule has 0 spiro atoms. The number of nitrogens with two attached hydrogens (primary N) is 1. The quantitative estimate of drug-likeness (QED) is 0.518. The maximum absolute atomic E-state index is 12.6. The Morgan fingerprint density at radius 1 is 1.13 bits per heavy atom. The minimum atomic E-state index is -0.238. The van der Waals surface area contributed by atoms with E-state index in [9.17, 15) is 4.79 Å². The number of nitrogen functional groups attached to an aromatic ring is 1. The zero-order valence-electron chi connectivity index (χ0n) is 16.2. The highest BCUT2D eigenvalue weighted by Crippen LogP contribution is 2.23. The van der Waals surface area contributed by atoms with Crippen molar-refractivity contribution >= 4 is 28.6 Å². The zero-order valence-corrected chi connectivity index (χ0v) is 16.2. The van der Waals surface area contributed by atoms with Gasteiger partial charge >= 0.3 is 0 Å². The summed E-state index contributed by atoms with van der Waals surface area (Å²) in [6, 6.07) is 18.6. The molecule has 0 aliphatic rings. The van der Waals surface area contributed by atoms with E-state index in [1.165, 1.54) is 0 Å². The second kappa shape index (κ2) is 8.45. The molecule has 0 saturated carbocycles. The van der Waals surface area contributed by atoms with Gasteiger partial charge in [0.15, 0.2) is 0 Å². The van der Waals surface area contributed by atoms with Gasteiger partial charge in [0.2, 0.25) is 5.95 Å². The summed E-state index contributed by atoms with van der Waals surface area (Å²) in [7, 11) is 0. The van der Waals surface area contributed by atoms with Crippen LogP contribution in [0.2, 0.25) is 0 Å². The number of nitriles is 1. The Labute approximate surface area is 173 Å². The number of carbonyl (C=O) groups excluding carboxylic acids is 1. The number of anilines is 2. The van der Waals surface area contributed by atoms with Crippen LogP contribution < -0.4 is 11.1 Å². The van der Waals surface area contributed by atoms with Crippen LogP contribution in [-0.2, 0) is 19.4 Å². The maximum atomic E-state index is 12.6. The van der Waals surface area contributed by atoms with Crippen LogP contribution in [0, 0.1) is 11.3 Å². The van der Waals surface area contributed by atoms with E-state index in [-0.39, 0.29) is 12.3 Å². The molecule has 2 aromatic carbocycles. The minimum Gasteiger partial charge on any atom is -0.369 e. The Kier molecular flexibility index (Phi) is 5.39. The summed E-state index contributed by atoms with van der Waals surface area (Å²) >= 11 is 0. The third kappa shape index (κ3) is 4.13. The van der Waals surface area contributed by atoms with Crippen LogP contribution in [0.1, 0.15) is 21.5 Å². The Hall–Kier alpha value is -4.18. The molecular weight excluding hydrogens is 376 g/mol. The van der Waals surface area contributed by atoms with Crippen molar-refractivity contribution in [2.75, 3.05) is 11.1 Å². The Balaban J connectivity index is 1.52. The SMILES string of the molecule is N#CCc1cccc(C(=O)Nc2ccc3c(c2)nc(N)n3CCc2cccnc2)c1. The van der Waals surface area contributed by atoms with Crippen molar-refractivity contribution in [2.24, 2.45) is 0 Å². The summed E-state index contributed by atoms with van der Waals surface area (Å²) in [5.41, 5.74) is 10.8. The van der Waals surface area contributed by atoms with E-state index in [0.29, 0.717) is 23.7 Å². The van der Waals surface area contributed by atoms with Gasteiger partial charge in [0.05, 0.1) is 23.5 Å². The van der Waals surface area contributed by atoms with E-state index in [2.05, 4.69) is 21.4 Å². The fourth-order valence-corrected chi connectivity index (χ4v) is 3.37. The number of rotatable bonds is 6. The highest BCUT2D eigenvalue weighted by molar-refractivity contribution is 6.05. The smallest absolute Gasteiger partial charge is 0.255 e. The molecule has 0 saturated heterocycles. The van der Waals surface area contributed by atoms with E-state index in [1.54, 1.807) is 24.4 Å². The van der Waals surface area contributed by atoms with Crippen LogP contribution in [0.3, 0.4) is 0 Å². The lowest BCUT2D eigenvalue weighted by atomic mass is 10.1. The van der Waals surface area contributed by atoms with Gasteiger partial charge in [-0.2, -0.15) is 5.26 Å².